The number of nitro groups is 1. The van der Waals surface area contributed by atoms with Gasteiger partial charge < -0.3 is 5.32 Å². The molecule has 0 spiro atoms. The zero-order valence-electron chi connectivity index (χ0n) is 7.67. The van der Waals surface area contributed by atoms with E-state index < -0.39 is 16.6 Å². The first-order valence-corrected chi connectivity index (χ1v) is 4.11. The van der Waals surface area contributed by atoms with Crippen molar-refractivity contribution in [1.82, 2.24) is 0 Å². The van der Waals surface area contributed by atoms with Crippen LogP contribution in [0.3, 0.4) is 0 Å². The summed E-state index contributed by atoms with van der Waals surface area (Å²) in [5.41, 5.74) is 0.627. The molecule has 6 heteroatoms. The minimum Gasteiger partial charge on any atom is -0.377 e. The standard InChI is InChI=1S/C9H8N2O4/c12-8(9(13)11(14)15)6-10-7-4-2-1-3-5-7/h1-5,10H,6H2. The van der Waals surface area contributed by atoms with E-state index in [0.29, 0.717) is 5.69 Å². The molecule has 0 heterocycles. The van der Waals surface area contributed by atoms with Gasteiger partial charge in [0.25, 0.3) is 5.78 Å². The van der Waals surface area contributed by atoms with E-state index in [2.05, 4.69) is 5.32 Å². The van der Waals surface area contributed by atoms with Crippen molar-refractivity contribution >= 4 is 17.4 Å². The van der Waals surface area contributed by atoms with Gasteiger partial charge in [0, 0.05) is 5.69 Å². The Hall–Kier alpha value is -2.24. The first-order valence-electron chi connectivity index (χ1n) is 4.11. The highest BCUT2D eigenvalue weighted by molar-refractivity contribution is 6.33. The molecule has 0 saturated carbocycles. The number of nitrogens with one attached hydrogen (secondary N) is 1. The predicted molar refractivity (Wildman–Crippen MR) is 51.9 cm³/mol. The van der Waals surface area contributed by atoms with Crippen LogP contribution in [-0.2, 0) is 9.59 Å². The average Bonchev–Trinajstić information content (AvgIpc) is 2.26. The van der Waals surface area contributed by atoms with Crippen LogP contribution in [0, 0.1) is 10.1 Å². The number of Topliss-reactive ketones (excluding diaryl/α,β-unsaturated/α-hetero) is 1. The van der Waals surface area contributed by atoms with Crippen molar-refractivity contribution in [2.75, 3.05) is 11.9 Å². The summed E-state index contributed by atoms with van der Waals surface area (Å²) >= 11 is 0. The fourth-order valence-corrected chi connectivity index (χ4v) is 0.916. The minimum absolute atomic E-state index is 0.371. The van der Waals surface area contributed by atoms with Gasteiger partial charge in [0.2, 0.25) is 0 Å². The number of carbonyl (C=O) groups excluding carboxylic acids is 2. The number of para-hydroxylation sites is 1. The summed E-state index contributed by atoms with van der Waals surface area (Å²) in [7, 11) is 0. The van der Waals surface area contributed by atoms with E-state index in [0.717, 1.165) is 0 Å². The Kier molecular flexibility index (Phi) is 3.50. The fraction of sp³-hybridized carbons (Fsp3) is 0.111. The van der Waals surface area contributed by atoms with Crippen molar-refractivity contribution in [2.45, 2.75) is 0 Å². The van der Waals surface area contributed by atoms with Crippen LogP contribution in [0.25, 0.3) is 0 Å². The molecular formula is C9H8N2O4. The lowest BCUT2D eigenvalue weighted by atomic mass is 10.3. The normalized spacial score (nSPS) is 9.33. The second-order valence-corrected chi connectivity index (χ2v) is 2.71. The molecule has 0 radical (unpaired) electrons. The third kappa shape index (κ3) is 3.18. The molecule has 15 heavy (non-hydrogen) atoms. The fourth-order valence-electron chi connectivity index (χ4n) is 0.916. The Balaban J connectivity index is 2.48. The van der Waals surface area contributed by atoms with Crippen LogP contribution in [0.4, 0.5) is 5.69 Å². The highest BCUT2D eigenvalue weighted by Gasteiger charge is 2.25. The molecule has 0 aliphatic heterocycles. The molecule has 1 aromatic rings. The average molecular weight is 208 g/mol. The number of rotatable bonds is 4. The van der Waals surface area contributed by atoms with Crippen LogP contribution in [0.15, 0.2) is 30.3 Å². The largest absolute Gasteiger partial charge is 0.513 e. The van der Waals surface area contributed by atoms with E-state index in [1.165, 1.54) is 0 Å². The van der Waals surface area contributed by atoms with E-state index in [1.54, 1.807) is 30.3 Å². The molecule has 0 saturated heterocycles. The molecule has 1 aromatic carbocycles. The van der Waals surface area contributed by atoms with Crippen molar-refractivity contribution in [1.29, 1.82) is 0 Å². The Morgan fingerprint density at radius 2 is 1.87 bits per heavy atom. The summed E-state index contributed by atoms with van der Waals surface area (Å²) < 4.78 is 0. The molecule has 0 fully saturated rings. The van der Waals surface area contributed by atoms with Gasteiger partial charge in [-0.05, 0) is 12.1 Å². The van der Waals surface area contributed by atoms with Crippen LogP contribution in [0.2, 0.25) is 0 Å². The van der Waals surface area contributed by atoms with E-state index in [9.17, 15) is 19.7 Å². The summed E-state index contributed by atoms with van der Waals surface area (Å²) in [6.07, 6.45) is 0. The molecule has 1 N–H and O–H groups in total. The molecule has 6 nitrogen and oxygen atoms in total. The van der Waals surface area contributed by atoms with Gasteiger partial charge in [-0.25, -0.2) is 4.79 Å². The molecule has 1 rings (SSSR count). The zero-order valence-corrected chi connectivity index (χ0v) is 7.67. The van der Waals surface area contributed by atoms with Crippen molar-refractivity contribution in [3.8, 4) is 0 Å². The van der Waals surface area contributed by atoms with Crippen molar-refractivity contribution < 1.29 is 14.5 Å². The smallest absolute Gasteiger partial charge is 0.377 e. The van der Waals surface area contributed by atoms with Crippen molar-refractivity contribution in [2.24, 2.45) is 0 Å². The maximum atomic E-state index is 10.9. The lowest BCUT2D eigenvalue weighted by Crippen LogP contribution is -2.28. The SMILES string of the molecule is O=C(CNc1ccccc1)C(=O)[N+](=O)[O-]. The topological polar surface area (TPSA) is 89.3 Å². The molecule has 0 aliphatic rings. The second kappa shape index (κ2) is 4.85. The van der Waals surface area contributed by atoms with Crippen LogP contribution >= 0.6 is 0 Å². The summed E-state index contributed by atoms with van der Waals surface area (Å²) in [6, 6.07) is 8.63. The van der Waals surface area contributed by atoms with E-state index >= 15 is 0 Å². The number of nitrogens with zero attached hydrogens (tertiary/aromatic N) is 1. The van der Waals surface area contributed by atoms with E-state index in [1.807, 2.05) is 0 Å². The van der Waals surface area contributed by atoms with Gasteiger partial charge in [0.1, 0.15) is 4.92 Å². The molecule has 0 aliphatic carbocycles. The third-order valence-corrected chi connectivity index (χ3v) is 1.63. The summed E-state index contributed by atoms with van der Waals surface area (Å²) in [4.78, 5) is 30.2. The van der Waals surface area contributed by atoms with Gasteiger partial charge >= 0.3 is 5.91 Å². The minimum atomic E-state index is -1.60. The Morgan fingerprint density at radius 1 is 1.27 bits per heavy atom. The van der Waals surface area contributed by atoms with Gasteiger partial charge in [-0.1, -0.05) is 18.2 Å². The maximum absolute atomic E-state index is 10.9. The van der Waals surface area contributed by atoms with Crippen LogP contribution in [0.1, 0.15) is 0 Å². The van der Waals surface area contributed by atoms with E-state index in [-0.39, 0.29) is 6.54 Å². The number of ketones is 1. The summed E-state index contributed by atoms with van der Waals surface area (Å²) in [6.45, 7) is -0.371. The molecule has 78 valence electrons. The van der Waals surface area contributed by atoms with Gasteiger partial charge in [0.15, 0.2) is 0 Å². The number of hydrogen-bond acceptors (Lipinski definition) is 5. The Morgan fingerprint density at radius 3 is 2.40 bits per heavy atom. The Labute approximate surface area is 85.1 Å². The predicted octanol–water partition coefficient (Wildman–Crippen LogP) is 0.471. The summed E-state index contributed by atoms with van der Waals surface area (Å²) in [5, 5.41) is 12.6. The van der Waals surface area contributed by atoms with Gasteiger partial charge in [-0.2, -0.15) is 0 Å². The molecule has 0 unspecified atom stereocenters. The van der Waals surface area contributed by atoms with Gasteiger partial charge in [0.05, 0.1) is 6.54 Å². The molecular weight excluding hydrogens is 200 g/mol. The number of hydrogen-bond donors (Lipinski definition) is 1. The van der Waals surface area contributed by atoms with Crippen molar-refractivity contribution in [3.05, 3.63) is 40.4 Å². The lowest BCUT2D eigenvalue weighted by Gasteiger charge is -2.01. The highest BCUT2D eigenvalue weighted by atomic mass is 16.6. The Bertz CT molecular complexity index is 388. The highest BCUT2D eigenvalue weighted by Crippen LogP contribution is 2.03. The number of carbonyl (C=O) groups is 2. The molecule has 0 atom stereocenters. The number of benzene rings is 1. The zero-order chi connectivity index (χ0) is 11.3. The monoisotopic (exact) mass is 208 g/mol. The number of amides is 1. The first-order chi connectivity index (χ1) is 7.11. The lowest BCUT2D eigenvalue weighted by molar-refractivity contribution is -0.396. The quantitative estimate of drug-likeness (QED) is 0.441. The van der Waals surface area contributed by atoms with Crippen LogP contribution in [0.5, 0.6) is 0 Å². The first kappa shape index (κ1) is 10.8. The van der Waals surface area contributed by atoms with Gasteiger partial charge in [-0.15, -0.1) is 0 Å². The summed E-state index contributed by atoms with van der Waals surface area (Å²) in [5.74, 6) is -2.66. The van der Waals surface area contributed by atoms with Crippen molar-refractivity contribution in [3.63, 3.8) is 0 Å². The van der Waals surface area contributed by atoms with Crippen LogP contribution in [-0.4, -0.2) is 23.2 Å². The maximum Gasteiger partial charge on any atom is 0.513 e. The second-order valence-electron chi connectivity index (χ2n) is 2.71. The number of anilines is 1. The van der Waals surface area contributed by atoms with Gasteiger partial charge in [-0.3, -0.25) is 14.9 Å². The molecule has 1 amide bonds. The molecule has 0 aromatic heterocycles. The van der Waals surface area contributed by atoms with Crippen LogP contribution < -0.4 is 5.32 Å². The third-order valence-electron chi connectivity index (χ3n) is 1.63. The van der Waals surface area contributed by atoms with E-state index in [4.69, 9.17) is 0 Å². The molecule has 0 bridgehead atoms.